The highest BCUT2D eigenvalue weighted by Crippen LogP contribution is 2.21. The third kappa shape index (κ3) is 4.91. The number of aliphatic hydroxyl groups excluding tert-OH is 1. The molecule has 0 spiro atoms. The zero-order valence-electron chi connectivity index (χ0n) is 16.3. The Morgan fingerprint density at radius 3 is 2.54 bits per heavy atom. The average molecular weight is 354 g/mol. The molecule has 0 amide bonds. The molecule has 4 heteroatoms. The highest BCUT2D eigenvalue weighted by molar-refractivity contribution is 5.32. The van der Waals surface area contributed by atoms with Crippen LogP contribution >= 0.6 is 0 Å². The summed E-state index contributed by atoms with van der Waals surface area (Å²) in [4.78, 5) is 9.41. The second-order valence-electron chi connectivity index (χ2n) is 7.57. The van der Waals surface area contributed by atoms with Crippen molar-refractivity contribution in [1.82, 2.24) is 14.8 Å². The third-order valence-electron chi connectivity index (χ3n) is 5.39. The predicted octanol–water partition coefficient (Wildman–Crippen LogP) is 3.25. The lowest BCUT2D eigenvalue weighted by Crippen LogP contribution is -2.33. The lowest BCUT2D eigenvalue weighted by Gasteiger charge is -2.25. The highest BCUT2D eigenvalue weighted by Gasteiger charge is 2.19. The van der Waals surface area contributed by atoms with Crippen molar-refractivity contribution >= 4 is 0 Å². The van der Waals surface area contributed by atoms with E-state index in [0.717, 1.165) is 44.7 Å². The molecule has 3 rings (SSSR count). The number of hydrogen-bond donors (Lipinski definition) is 1. The van der Waals surface area contributed by atoms with Gasteiger partial charge >= 0.3 is 0 Å². The monoisotopic (exact) mass is 353 g/mol. The van der Waals surface area contributed by atoms with Gasteiger partial charge in [-0.05, 0) is 63.0 Å². The highest BCUT2D eigenvalue weighted by atomic mass is 16.3. The van der Waals surface area contributed by atoms with E-state index in [4.69, 9.17) is 0 Å². The third-order valence-corrected chi connectivity index (χ3v) is 5.39. The summed E-state index contributed by atoms with van der Waals surface area (Å²) in [5.74, 6) is 0. The van der Waals surface area contributed by atoms with Gasteiger partial charge in [0.2, 0.25) is 0 Å². The second-order valence-corrected chi connectivity index (χ2v) is 7.57. The van der Waals surface area contributed by atoms with Crippen LogP contribution in [0, 0.1) is 20.8 Å². The van der Waals surface area contributed by atoms with Crippen LogP contribution < -0.4 is 0 Å². The van der Waals surface area contributed by atoms with Gasteiger partial charge in [-0.1, -0.05) is 29.8 Å². The maximum absolute atomic E-state index is 10.7. The summed E-state index contributed by atoms with van der Waals surface area (Å²) in [5.41, 5.74) is 5.92. The van der Waals surface area contributed by atoms with Gasteiger partial charge in [0, 0.05) is 32.4 Å². The van der Waals surface area contributed by atoms with Crippen LogP contribution in [0.5, 0.6) is 0 Å². The molecule has 1 saturated heterocycles. The smallest absolute Gasteiger partial charge is 0.0919 e. The normalized spacial score (nSPS) is 17.8. The van der Waals surface area contributed by atoms with Gasteiger partial charge in [-0.25, -0.2) is 0 Å². The molecule has 1 aromatic heterocycles. The number of aromatic nitrogens is 1. The quantitative estimate of drug-likeness (QED) is 0.896. The second kappa shape index (κ2) is 8.76. The molecule has 1 atom stereocenters. The maximum Gasteiger partial charge on any atom is 0.0919 e. The topological polar surface area (TPSA) is 39.6 Å². The molecule has 1 N–H and O–H groups in total. The molecule has 26 heavy (non-hydrogen) atoms. The minimum absolute atomic E-state index is 0.416. The fraction of sp³-hybridized carbons (Fsp3) is 0.500. The van der Waals surface area contributed by atoms with E-state index in [1.807, 2.05) is 12.3 Å². The van der Waals surface area contributed by atoms with Crippen molar-refractivity contribution in [2.75, 3.05) is 32.7 Å². The van der Waals surface area contributed by atoms with Crippen LogP contribution in [-0.4, -0.2) is 52.6 Å². The minimum atomic E-state index is -0.416. The van der Waals surface area contributed by atoms with E-state index in [9.17, 15) is 5.11 Å². The van der Waals surface area contributed by atoms with Crippen LogP contribution in [0.15, 0.2) is 36.5 Å². The molecule has 0 saturated carbocycles. The van der Waals surface area contributed by atoms with Gasteiger partial charge in [0.1, 0.15) is 0 Å². The molecule has 0 aliphatic carbocycles. The van der Waals surface area contributed by atoms with Gasteiger partial charge in [-0.3, -0.25) is 14.8 Å². The SMILES string of the molecule is Cc1ccc(C(O)CN2CCCN(Cc3ncccc3C)CC2)c(C)c1. The van der Waals surface area contributed by atoms with Crippen LogP contribution in [0.4, 0.5) is 0 Å². The van der Waals surface area contributed by atoms with E-state index in [-0.39, 0.29) is 0 Å². The molecule has 1 fully saturated rings. The molecule has 1 aliphatic rings. The van der Waals surface area contributed by atoms with Crippen LogP contribution in [0.1, 0.15) is 40.5 Å². The number of nitrogens with zero attached hydrogens (tertiary/aromatic N) is 3. The molecule has 0 bridgehead atoms. The Kier molecular flexibility index (Phi) is 6.41. The van der Waals surface area contributed by atoms with Gasteiger partial charge in [-0.15, -0.1) is 0 Å². The summed E-state index contributed by atoms with van der Waals surface area (Å²) in [6.45, 7) is 12.1. The Bertz CT molecular complexity index is 731. The predicted molar refractivity (Wildman–Crippen MR) is 106 cm³/mol. The van der Waals surface area contributed by atoms with Gasteiger partial charge in [0.05, 0.1) is 11.8 Å². The fourth-order valence-electron chi connectivity index (χ4n) is 3.80. The van der Waals surface area contributed by atoms with Crippen molar-refractivity contribution in [2.24, 2.45) is 0 Å². The molecular weight excluding hydrogens is 322 g/mol. The molecule has 1 unspecified atom stereocenters. The van der Waals surface area contributed by atoms with E-state index < -0.39 is 6.10 Å². The van der Waals surface area contributed by atoms with E-state index in [1.54, 1.807) is 0 Å². The molecular formula is C22H31N3O. The molecule has 2 aromatic rings. The molecule has 4 nitrogen and oxygen atoms in total. The maximum atomic E-state index is 10.7. The van der Waals surface area contributed by atoms with Crippen molar-refractivity contribution in [3.05, 3.63) is 64.5 Å². The molecule has 140 valence electrons. The summed E-state index contributed by atoms with van der Waals surface area (Å²) < 4.78 is 0. The summed E-state index contributed by atoms with van der Waals surface area (Å²) >= 11 is 0. The molecule has 0 radical (unpaired) electrons. The number of β-amino-alcohol motifs (C(OH)–C–C–N with tert-alkyl or cyclic N) is 1. The van der Waals surface area contributed by atoms with Crippen molar-refractivity contribution in [2.45, 2.75) is 39.8 Å². The Morgan fingerprint density at radius 2 is 1.77 bits per heavy atom. The van der Waals surface area contributed by atoms with E-state index in [2.05, 4.69) is 59.8 Å². The molecule has 1 aromatic carbocycles. The standard InChI is InChI=1S/C22H31N3O/c1-17-7-8-20(19(3)14-17)22(26)16-25-11-5-10-24(12-13-25)15-21-18(2)6-4-9-23-21/h4,6-9,14,22,26H,5,10-13,15-16H2,1-3H3. The Balaban J connectivity index is 1.56. The lowest BCUT2D eigenvalue weighted by molar-refractivity contribution is 0.114. The van der Waals surface area contributed by atoms with E-state index in [1.165, 1.54) is 22.4 Å². The Hall–Kier alpha value is -1.75. The van der Waals surface area contributed by atoms with Crippen molar-refractivity contribution < 1.29 is 5.11 Å². The Labute approximate surface area is 157 Å². The Morgan fingerprint density at radius 1 is 1.00 bits per heavy atom. The first-order valence-corrected chi connectivity index (χ1v) is 9.63. The van der Waals surface area contributed by atoms with Crippen LogP contribution in [0.2, 0.25) is 0 Å². The van der Waals surface area contributed by atoms with Gasteiger partial charge in [0.15, 0.2) is 0 Å². The van der Waals surface area contributed by atoms with Crippen LogP contribution in [0.3, 0.4) is 0 Å². The number of rotatable bonds is 5. The van der Waals surface area contributed by atoms with Gasteiger partial charge < -0.3 is 5.11 Å². The van der Waals surface area contributed by atoms with Crippen molar-refractivity contribution in [3.63, 3.8) is 0 Å². The number of aryl methyl sites for hydroxylation is 3. The number of aliphatic hydroxyl groups is 1. The van der Waals surface area contributed by atoms with Crippen LogP contribution in [0.25, 0.3) is 0 Å². The van der Waals surface area contributed by atoms with Crippen molar-refractivity contribution in [1.29, 1.82) is 0 Å². The minimum Gasteiger partial charge on any atom is -0.387 e. The first kappa shape index (κ1) is 19.0. The summed E-state index contributed by atoms with van der Waals surface area (Å²) in [6, 6.07) is 10.4. The average Bonchev–Trinajstić information content (AvgIpc) is 2.82. The van der Waals surface area contributed by atoms with Gasteiger partial charge in [-0.2, -0.15) is 0 Å². The van der Waals surface area contributed by atoms with E-state index in [0.29, 0.717) is 6.54 Å². The largest absolute Gasteiger partial charge is 0.387 e. The zero-order valence-corrected chi connectivity index (χ0v) is 16.3. The molecule has 1 aliphatic heterocycles. The van der Waals surface area contributed by atoms with Crippen LogP contribution in [-0.2, 0) is 6.54 Å². The number of benzene rings is 1. The van der Waals surface area contributed by atoms with Crippen molar-refractivity contribution in [3.8, 4) is 0 Å². The van der Waals surface area contributed by atoms with Gasteiger partial charge in [0.25, 0.3) is 0 Å². The lowest BCUT2D eigenvalue weighted by atomic mass is 10.0. The molecule has 2 heterocycles. The first-order chi connectivity index (χ1) is 12.5. The number of pyridine rings is 1. The first-order valence-electron chi connectivity index (χ1n) is 9.63. The summed E-state index contributed by atoms with van der Waals surface area (Å²) in [6.07, 6.45) is 2.60. The number of hydrogen-bond acceptors (Lipinski definition) is 4. The fourth-order valence-corrected chi connectivity index (χ4v) is 3.80. The van der Waals surface area contributed by atoms with E-state index >= 15 is 0 Å². The zero-order chi connectivity index (χ0) is 18.5. The summed E-state index contributed by atoms with van der Waals surface area (Å²) in [5, 5.41) is 10.7. The summed E-state index contributed by atoms with van der Waals surface area (Å²) in [7, 11) is 0.